The molecule has 1 aromatic carbocycles. The van der Waals surface area contributed by atoms with Crippen LogP contribution in [0.5, 0.6) is 0 Å². The van der Waals surface area contributed by atoms with E-state index in [1.807, 2.05) is 25.4 Å². The van der Waals surface area contributed by atoms with E-state index in [2.05, 4.69) is 38.7 Å². The van der Waals surface area contributed by atoms with Crippen molar-refractivity contribution in [1.29, 1.82) is 5.26 Å². The maximum absolute atomic E-state index is 13.3. The van der Waals surface area contributed by atoms with Crippen molar-refractivity contribution in [2.45, 2.75) is 75.6 Å². The lowest BCUT2D eigenvalue weighted by Crippen LogP contribution is -2.44. The van der Waals surface area contributed by atoms with Gasteiger partial charge in [0.25, 0.3) is 0 Å². The van der Waals surface area contributed by atoms with E-state index in [1.54, 1.807) is 12.4 Å². The van der Waals surface area contributed by atoms with Crippen molar-refractivity contribution in [1.82, 2.24) is 15.2 Å². The number of carbonyl (C=O) groups excluding carboxylic acids is 2. The number of aldehydes is 1. The van der Waals surface area contributed by atoms with Crippen molar-refractivity contribution in [2.24, 2.45) is 0 Å². The highest BCUT2D eigenvalue weighted by molar-refractivity contribution is 5.87. The van der Waals surface area contributed by atoms with Gasteiger partial charge in [-0.15, -0.1) is 0 Å². The smallest absolute Gasteiger partial charge is 0.247 e. The number of β-amino-alcohol motifs (C(OH)–C–C–N with tert-alkyl or cyclic N) is 1. The Morgan fingerprint density at radius 2 is 2.11 bits per heavy atom. The molecule has 3 unspecified atom stereocenters. The Morgan fingerprint density at radius 1 is 1.29 bits per heavy atom. The summed E-state index contributed by atoms with van der Waals surface area (Å²) in [6.45, 7) is 1.30. The lowest BCUT2D eigenvalue weighted by Gasteiger charge is -2.32. The van der Waals surface area contributed by atoms with Crippen LogP contribution in [0.2, 0.25) is 0 Å². The number of aryl methyl sites for hydroxylation is 1. The van der Waals surface area contributed by atoms with Gasteiger partial charge in [0.2, 0.25) is 5.91 Å². The molecule has 1 saturated carbocycles. The predicted octanol–water partition coefficient (Wildman–Crippen LogP) is 3.17. The van der Waals surface area contributed by atoms with Gasteiger partial charge >= 0.3 is 0 Å². The molecule has 1 saturated heterocycles. The molecule has 2 aromatic rings. The number of hydrogen-bond donors (Lipinski definition) is 3. The topological polar surface area (TPSA) is 122 Å². The number of benzene rings is 1. The molecule has 0 radical (unpaired) electrons. The van der Waals surface area contributed by atoms with Gasteiger partial charge in [0.05, 0.1) is 18.7 Å². The minimum atomic E-state index is -0.519. The highest BCUT2D eigenvalue weighted by atomic mass is 16.3. The fourth-order valence-electron chi connectivity index (χ4n) is 5.52. The van der Waals surface area contributed by atoms with Gasteiger partial charge in [0.1, 0.15) is 12.3 Å². The summed E-state index contributed by atoms with van der Waals surface area (Å²) in [6.07, 6.45) is 14.1. The van der Waals surface area contributed by atoms with E-state index in [4.69, 9.17) is 10.4 Å². The van der Waals surface area contributed by atoms with E-state index in [1.165, 1.54) is 41.8 Å². The molecule has 0 spiro atoms. The van der Waals surface area contributed by atoms with Crippen LogP contribution in [-0.2, 0) is 16.0 Å². The Kier molecular flexibility index (Phi) is 9.55. The van der Waals surface area contributed by atoms with Gasteiger partial charge in [-0.2, -0.15) is 5.26 Å². The molecule has 0 bridgehead atoms. The lowest BCUT2D eigenvalue weighted by atomic mass is 9.94. The zero-order valence-electron chi connectivity index (χ0n) is 22.1. The van der Waals surface area contributed by atoms with E-state index in [-0.39, 0.29) is 5.91 Å². The first-order chi connectivity index (χ1) is 18.5. The first kappa shape index (κ1) is 27.4. The number of fused-ring (bicyclic) bond motifs is 1. The van der Waals surface area contributed by atoms with Crippen molar-refractivity contribution in [3.05, 3.63) is 53.9 Å². The number of nitrogens with one attached hydrogen (secondary N) is 2. The highest BCUT2D eigenvalue weighted by Crippen LogP contribution is 2.32. The maximum Gasteiger partial charge on any atom is 0.247 e. The molecule has 1 amide bonds. The Bertz CT molecular complexity index is 1120. The van der Waals surface area contributed by atoms with Gasteiger partial charge in [-0.1, -0.05) is 31.4 Å². The molecule has 1 aromatic heterocycles. The van der Waals surface area contributed by atoms with E-state index in [0.717, 1.165) is 37.1 Å². The third kappa shape index (κ3) is 6.81. The quantitative estimate of drug-likeness (QED) is 0.394. The number of aliphatic hydroxyl groups is 1. The first-order valence-electron chi connectivity index (χ1n) is 13.6. The number of aliphatic hydroxyl groups excluding tert-OH is 1. The molecule has 9 nitrogen and oxygen atoms in total. The van der Waals surface area contributed by atoms with Crippen LogP contribution >= 0.6 is 0 Å². The summed E-state index contributed by atoms with van der Waals surface area (Å²) in [5.41, 5.74) is 4.51. The SMILES string of the molecule is CN(c1ccc2c(c1)NCCC2)C(C(=O)NC1CCCCC1)c1cccnc1.N#CN1CC(O)CC1C=O. The number of pyridine rings is 1. The van der Waals surface area contributed by atoms with Crippen LogP contribution in [0, 0.1) is 11.5 Å². The molecular formula is C29H38N6O3. The number of nitrogens with zero attached hydrogens (tertiary/aromatic N) is 4. The van der Waals surface area contributed by atoms with Gasteiger partial charge in [-0.05, 0) is 49.4 Å². The molecule has 9 heteroatoms. The van der Waals surface area contributed by atoms with E-state index >= 15 is 0 Å². The van der Waals surface area contributed by atoms with Crippen LogP contribution in [-0.4, -0.2) is 65.5 Å². The highest BCUT2D eigenvalue weighted by Gasteiger charge is 2.30. The largest absolute Gasteiger partial charge is 0.391 e. The number of hydrogen-bond acceptors (Lipinski definition) is 8. The Hall–Kier alpha value is -3.64. The second kappa shape index (κ2) is 13.2. The molecule has 5 rings (SSSR count). The van der Waals surface area contributed by atoms with Crippen LogP contribution < -0.4 is 15.5 Å². The minimum absolute atomic E-state index is 0.0630. The number of aromatic nitrogens is 1. The Labute approximate surface area is 224 Å². The van der Waals surface area contributed by atoms with Gasteiger partial charge in [-0.25, -0.2) is 0 Å². The average Bonchev–Trinajstić information content (AvgIpc) is 3.34. The summed E-state index contributed by atoms with van der Waals surface area (Å²) in [6, 6.07) is 9.88. The van der Waals surface area contributed by atoms with E-state index < -0.39 is 18.2 Å². The van der Waals surface area contributed by atoms with Crippen LogP contribution in [0.15, 0.2) is 42.7 Å². The number of carbonyl (C=O) groups is 2. The molecular weight excluding hydrogens is 480 g/mol. The van der Waals surface area contributed by atoms with Gasteiger partial charge in [-0.3, -0.25) is 14.7 Å². The van der Waals surface area contributed by atoms with Crippen molar-refractivity contribution in [3.8, 4) is 6.19 Å². The fraction of sp³-hybridized carbons (Fsp3) is 0.517. The second-order valence-corrected chi connectivity index (χ2v) is 10.4. The van der Waals surface area contributed by atoms with Crippen molar-refractivity contribution in [3.63, 3.8) is 0 Å². The molecule has 1 aliphatic carbocycles. The summed E-state index contributed by atoms with van der Waals surface area (Å²) in [5, 5.41) is 24.2. The van der Waals surface area contributed by atoms with Crippen LogP contribution in [0.25, 0.3) is 0 Å². The summed E-state index contributed by atoms with van der Waals surface area (Å²) >= 11 is 0. The van der Waals surface area contributed by atoms with Crippen LogP contribution in [0.3, 0.4) is 0 Å². The van der Waals surface area contributed by atoms with Gasteiger partial charge in [0, 0.05) is 55.4 Å². The zero-order chi connectivity index (χ0) is 26.9. The first-order valence-corrected chi connectivity index (χ1v) is 13.6. The Balaban J connectivity index is 0.000000283. The average molecular weight is 519 g/mol. The minimum Gasteiger partial charge on any atom is -0.391 e. The molecule has 2 aliphatic heterocycles. The van der Waals surface area contributed by atoms with Crippen molar-refractivity contribution >= 4 is 23.6 Å². The number of rotatable bonds is 6. The number of nitriles is 1. The molecule has 2 fully saturated rings. The number of anilines is 2. The normalized spacial score (nSPS) is 21.6. The monoisotopic (exact) mass is 518 g/mol. The number of likely N-dealkylation sites (N-methyl/N-ethyl adjacent to an activating group) is 1. The van der Waals surface area contributed by atoms with Gasteiger partial charge < -0.3 is 25.4 Å². The van der Waals surface area contributed by atoms with Crippen LogP contribution in [0.1, 0.15) is 62.1 Å². The molecule has 38 heavy (non-hydrogen) atoms. The molecule has 3 atom stereocenters. The number of amides is 1. The summed E-state index contributed by atoms with van der Waals surface area (Å²) < 4.78 is 0. The summed E-state index contributed by atoms with van der Waals surface area (Å²) in [5.74, 6) is 0.0630. The van der Waals surface area contributed by atoms with E-state index in [0.29, 0.717) is 25.3 Å². The van der Waals surface area contributed by atoms with Crippen LogP contribution in [0.4, 0.5) is 11.4 Å². The van der Waals surface area contributed by atoms with Crippen molar-refractivity contribution < 1.29 is 14.7 Å². The summed E-state index contributed by atoms with van der Waals surface area (Å²) in [7, 11) is 2.00. The molecule has 3 aliphatic rings. The standard InChI is InChI=1S/C23H30N4O.C6H8N2O2/c1-27(20-12-11-17-7-6-14-25-21(17)15-20)22(18-8-5-13-24-16-18)23(28)26-19-9-3-2-4-10-19;7-4-8-2-6(10)1-5(8)3-9/h5,8,11-13,15-16,19,22,25H,2-4,6-7,9-10,14H2,1H3,(H,26,28);3,5-6,10H,1-2H2. The number of likely N-dealkylation sites (tertiary alicyclic amines) is 1. The maximum atomic E-state index is 13.3. The Morgan fingerprint density at radius 3 is 2.79 bits per heavy atom. The lowest BCUT2D eigenvalue weighted by molar-refractivity contribution is -0.123. The second-order valence-electron chi connectivity index (χ2n) is 10.4. The third-order valence-electron chi connectivity index (χ3n) is 7.63. The third-order valence-corrected chi connectivity index (χ3v) is 7.63. The van der Waals surface area contributed by atoms with Crippen molar-refractivity contribution in [2.75, 3.05) is 30.4 Å². The fourth-order valence-corrected chi connectivity index (χ4v) is 5.52. The zero-order valence-corrected chi connectivity index (χ0v) is 22.1. The van der Waals surface area contributed by atoms with Gasteiger partial charge in [0.15, 0.2) is 6.19 Å². The van der Waals surface area contributed by atoms with E-state index in [9.17, 15) is 9.59 Å². The predicted molar refractivity (Wildman–Crippen MR) is 146 cm³/mol. The molecule has 3 heterocycles. The molecule has 3 N–H and O–H groups in total. The summed E-state index contributed by atoms with van der Waals surface area (Å²) in [4.78, 5) is 31.2. The molecule has 202 valence electrons.